The Morgan fingerprint density at radius 2 is 1.90 bits per heavy atom. The average Bonchev–Trinajstić information content (AvgIpc) is 3.21. The summed E-state index contributed by atoms with van der Waals surface area (Å²) in [6.07, 6.45) is 4.86. The number of nitrogens with zero attached hydrogens (tertiary/aromatic N) is 3. The fourth-order valence-electron chi connectivity index (χ4n) is 3.31. The van der Waals surface area contributed by atoms with Gasteiger partial charge in [0, 0.05) is 44.0 Å². The van der Waals surface area contributed by atoms with E-state index in [1.54, 1.807) is 0 Å². The van der Waals surface area contributed by atoms with Crippen LogP contribution < -0.4 is 0 Å². The molecule has 2 fully saturated rings. The monoisotopic (exact) mass is 281 g/mol. The lowest BCUT2D eigenvalue weighted by molar-refractivity contribution is 0.132. The van der Waals surface area contributed by atoms with Crippen LogP contribution in [0.25, 0.3) is 0 Å². The lowest BCUT2D eigenvalue weighted by atomic mass is 9.98. The number of benzene rings is 1. The Hall–Kier alpha value is -1.61. The molecule has 0 bridgehead atoms. The van der Waals surface area contributed by atoms with Crippen LogP contribution in [0.2, 0.25) is 0 Å². The van der Waals surface area contributed by atoms with E-state index in [9.17, 15) is 0 Å². The molecule has 2 heterocycles. The predicted octanol–water partition coefficient (Wildman–Crippen LogP) is 3.20. The van der Waals surface area contributed by atoms with Crippen LogP contribution in [0.15, 0.2) is 36.5 Å². The summed E-state index contributed by atoms with van der Waals surface area (Å²) in [5.41, 5.74) is 2.74. The molecule has 0 N–H and O–H groups in total. The summed E-state index contributed by atoms with van der Waals surface area (Å²) in [7, 11) is 0. The van der Waals surface area contributed by atoms with E-state index in [2.05, 4.69) is 52.9 Å². The molecular weight excluding hydrogens is 258 g/mol. The van der Waals surface area contributed by atoms with E-state index in [-0.39, 0.29) is 0 Å². The van der Waals surface area contributed by atoms with Crippen LogP contribution in [0, 0.1) is 12.8 Å². The average molecular weight is 281 g/mol. The minimum atomic E-state index is 0.626. The number of aromatic nitrogens is 2. The molecule has 0 unspecified atom stereocenters. The summed E-state index contributed by atoms with van der Waals surface area (Å²) in [4.78, 5) is 7.22. The maximum Gasteiger partial charge on any atom is 0.114 e. The van der Waals surface area contributed by atoms with Crippen molar-refractivity contribution in [2.75, 3.05) is 13.1 Å². The van der Waals surface area contributed by atoms with Crippen LogP contribution in [-0.2, 0) is 13.1 Å². The Morgan fingerprint density at radius 1 is 1.14 bits per heavy atom. The van der Waals surface area contributed by atoms with Gasteiger partial charge in [-0.1, -0.05) is 30.3 Å². The molecule has 0 amide bonds. The number of aryl methyl sites for hydroxylation is 1. The first kappa shape index (κ1) is 13.1. The van der Waals surface area contributed by atoms with Gasteiger partial charge in [-0.05, 0) is 31.2 Å². The van der Waals surface area contributed by atoms with Gasteiger partial charge in [0.15, 0.2) is 0 Å². The molecule has 0 radical (unpaired) electrons. The molecular formula is C18H23N3. The maximum atomic E-state index is 4.70. The van der Waals surface area contributed by atoms with Crippen LogP contribution in [-0.4, -0.2) is 27.5 Å². The molecule has 2 aliphatic rings. The third-order valence-electron chi connectivity index (χ3n) is 4.79. The molecule has 0 spiro atoms. The van der Waals surface area contributed by atoms with E-state index in [0.29, 0.717) is 5.92 Å². The van der Waals surface area contributed by atoms with Crippen molar-refractivity contribution >= 4 is 0 Å². The summed E-state index contributed by atoms with van der Waals surface area (Å²) < 4.78 is 2.47. The maximum absolute atomic E-state index is 4.70. The first-order valence-corrected chi connectivity index (χ1v) is 8.08. The summed E-state index contributed by atoms with van der Waals surface area (Å²) in [5, 5.41) is 0. The highest BCUT2D eigenvalue weighted by Crippen LogP contribution is 2.34. The van der Waals surface area contributed by atoms with Crippen LogP contribution >= 0.6 is 0 Å². The van der Waals surface area contributed by atoms with Gasteiger partial charge in [-0.15, -0.1) is 0 Å². The van der Waals surface area contributed by atoms with E-state index < -0.39 is 0 Å². The third-order valence-corrected chi connectivity index (χ3v) is 4.79. The second-order valence-corrected chi connectivity index (χ2v) is 6.69. The lowest BCUT2D eigenvalue weighted by Gasteiger charge is -2.39. The molecule has 3 nitrogen and oxygen atoms in total. The van der Waals surface area contributed by atoms with Crippen molar-refractivity contribution in [3.63, 3.8) is 0 Å². The van der Waals surface area contributed by atoms with Gasteiger partial charge < -0.3 is 4.57 Å². The van der Waals surface area contributed by atoms with E-state index in [1.165, 1.54) is 36.5 Å². The quantitative estimate of drug-likeness (QED) is 0.839. The minimum absolute atomic E-state index is 0.626. The van der Waals surface area contributed by atoms with E-state index >= 15 is 0 Å². The zero-order chi connectivity index (χ0) is 14.2. The third kappa shape index (κ3) is 2.75. The van der Waals surface area contributed by atoms with Crippen molar-refractivity contribution in [1.82, 2.24) is 14.5 Å². The molecule has 1 aliphatic heterocycles. The zero-order valence-corrected chi connectivity index (χ0v) is 12.7. The number of hydrogen-bond acceptors (Lipinski definition) is 2. The summed E-state index contributed by atoms with van der Waals surface area (Å²) in [5.74, 6) is 2.86. The van der Waals surface area contributed by atoms with Gasteiger partial charge in [0.2, 0.25) is 0 Å². The minimum Gasteiger partial charge on any atom is -0.332 e. The van der Waals surface area contributed by atoms with Crippen LogP contribution in [0.4, 0.5) is 0 Å². The molecule has 1 saturated heterocycles. The van der Waals surface area contributed by atoms with Crippen molar-refractivity contribution in [2.45, 2.75) is 38.8 Å². The molecule has 21 heavy (non-hydrogen) atoms. The Labute approximate surface area is 126 Å². The molecule has 3 heteroatoms. The van der Waals surface area contributed by atoms with Crippen molar-refractivity contribution < 1.29 is 0 Å². The van der Waals surface area contributed by atoms with Crippen LogP contribution in [0.5, 0.6) is 0 Å². The predicted molar refractivity (Wildman–Crippen MR) is 84.1 cm³/mol. The largest absolute Gasteiger partial charge is 0.332 e. The van der Waals surface area contributed by atoms with Gasteiger partial charge in [0.05, 0.1) is 0 Å². The highest BCUT2D eigenvalue weighted by molar-refractivity contribution is 5.17. The smallest absolute Gasteiger partial charge is 0.114 e. The van der Waals surface area contributed by atoms with Crippen LogP contribution in [0.1, 0.15) is 35.8 Å². The first-order valence-electron chi connectivity index (χ1n) is 8.08. The van der Waals surface area contributed by atoms with Gasteiger partial charge >= 0.3 is 0 Å². The number of rotatable bonds is 5. The zero-order valence-electron chi connectivity index (χ0n) is 12.7. The van der Waals surface area contributed by atoms with Crippen molar-refractivity contribution in [3.05, 3.63) is 53.6 Å². The van der Waals surface area contributed by atoms with Crippen molar-refractivity contribution in [2.24, 2.45) is 5.92 Å². The van der Waals surface area contributed by atoms with Crippen molar-refractivity contribution in [3.8, 4) is 0 Å². The number of imidazole rings is 1. The van der Waals surface area contributed by atoms with Gasteiger partial charge in [0.1, 0.15) is 5.82 Å². The normalized spacial score (nSPS) is 19.7. The standard InChI is InChI=1S/C18H23N3/c1-14-9-19-18(21(14)11-16-7-8-16)17-12-20(13-17)10-15-5-3-2-4-6-15/h2-6,9,16-17H,7-8,10-13H2,1H3. The molecule has 1 aliphatic carbocycles. The fraction of sp³-hybridized carbons (Fsp3) is 0.500. The summed E-state index contributed by atoms with van der Waals surface area (Å²) in [6, 6.07) is 10.8. The molecule has 0 atom stereocenters. The summed E-state index contributed by atoms with van der Waals surface area (Å²) in [6.45, 7) is 6.75. The van der Waals surface area contributed by atoms with E-state index in [1.807, 2.05) is 0 Å². The van der Waals surface area contributed by atoms with Gasteiger partial charge in [-0.25, -0.2) is 4.98 Å². The number of likely N-dealkylation sites (tertiary alicyclic amines) is 1. The topological polar surface area (TPSA) is 21.1 Å². The molecule has 4 rings (SSSR count). The highest BCUT2D eigenvalue weighted by Gasteiger charge is 2.33. The Bertz CT molecular complexity index is 607. The molecule has 1 aromatic heterocycles. The SMILES string of the molecule is Cc1cnc(C2CN(Cc3ccccc3)C2)n1CC1CC1. The van der Waals surface area contributed by atoms with Gasteiger partial charge in [0.25, 0.3) is 0 Å². The first-order chi connectivity index (χ1) is 10.3. The second-order valence-electron chi connectivity index (χ2n) is 6.69. The van der Waals surface area contributed by atoms with E-state index in [0.717, 1.165) is 25.6 Å². The molecule has 1 aromatic carbocycles. The fourth-order valence-corrected chi connectivity index (χ4v) is 3.31. The molecule has 2 aromatic rings. The van der Waals surface area contributed by atoms with Gasteiger partial charge in [-0.2, -0.15) is 0 Å². The Kier molecular flexibility index (Phi) is 3.30. The summed E-state index contributed by atoms with van der Waals surface area (Å²) >= 11 is 0. The Morgan fingerprint density at radius 3 is 2.62 bits per heavy atom. The van der Waals surface area contributed by atoms with Gasteiger partial charge in [-0.3, -0.25) is 4.90 Å². The molecule has 110 valence electrons. The Balaban J connectivity index is 1.39. The highest BCUT2D eigenvalue weighted by atomic mass is 15.2. The van der Waals surface area contributed by atoms with Crippen molar-refractivity contribution in [1.29, 1.82) is 0 Å². The van der Waals surface area contributed by atoms with Crippen LogP contribution in [0.3, 0.4) is 0 Å². The second kappa shape index (κ2) is 5.30. The lowest BCUT2D eigenvalue weighted by Crippen LogP contribution is -2.45. The van der Waals surface area contributed by atoms with E-state index in [4.69, 9.17) is 4.98 Å². The number of hydrogen-bond donors (Lipinski definition) is 0. The molecule has 1 saturated carbocycles.